The molecule has 140 valence electrons. The second kappa shape index (κ2) is 8.80. The molecule has 0 saturated carbocycles. The first-order chi connectivity index (χ1) is 12.7. The van der Waals surface area contributed by atoms with E-state index >= 15 is 0 Å². The van der Waals surface area contributed by atoms with Gasteiger partial charge in [0.2, 0.25) is 17.6 Å². The van der Waals surface area contributed by atoms with Gasteiger partial charge in [0.1, 0.15) is 5.75 Å². The average molecular weight is 358 g/mol. The SMILES string of the molecule is CNC1CCN(C(=O)CCCc2nc(-c3ccc(OC)cc3)no2)CC1. The first-order valence-electron chi connectivity index (χ1n) is 9.11. The van der Waals surface area contributed by atoms with Crippen molar-refractivity contribution < 1.29 is 14.1 Å². The number of nitrogens with zero attached hydrogens (tertiary/aromatic N) is 3. The van der Waals surface area contributed by atoms with Gasteiger partial charge in [-0.1, -0.05) is 5.16 Å². The molecule has 1 fully saturated rings. The molecule has 1 aliphatic rings. The van der Waals surface area contributed by atoms with Gasteiger partial charge in [0, 0.05) is 37.5 Å². The summed E-state index contributed by atoms with van der Waals surface area (Å²) in [6.07, 6.45) is 3.90. The molecule has 7 nitrogen and oxygen atoms in total. The Balaban J connectivity index is 1.45. The summed E-state index contributed by atoms with van der Waals surface area (Å²) in [6.45, 7) is 1.68. The van der Waals surface area contributed by atoms with E-state index in [1.54, 1.807) is 7.11 Å². The number of aromatic nitrogens is 2. The van der Waals surface area contributed by atoms with Crippen LogP contribution < -0.4 is 10.1 Å². The van der Waals surface area contributed by atoms with Crippen LogP contribution in [0.15, 0.2) is 28.8 Å². The summed E-state index contributed by atoms with van der Waals surface area (Å²) in [5, 5.41) is 7.30. The van der Waals surface area contributed by atoms with Gasteiger partial charge >= 0.3 is 0 Å². The lowest BCUT2D eigenvalue weighted by Gasteiger charge is -2.31. The molecule has 1 aromatic carbocycles. The fraction of sp³-hybridized carbons (Fsp3) is 0.526. The number of amides is 1. The van der Waals surface area contributed by atoms with E-state index in [9.17, 15) is 4.79 Å². The summed E-state index contributed by atoms with van der Waals surface area (Å²) < 4.78 is 10.5. The molecule has 0 radical (unpaired) electrons. The van der Waals surface area contributed by atoms with Crippen LogP contribution in [-0.4, -0.2) is 54.2 Å². The van der Waals surface area contributed by atoms with Gasteiger partial charge in [0.25, 0.3) is 0 Å². The Morgan fingerprint density at radius 3 is 2.69 bits per heavy atom. The molecule has 26 heavy (non-hydrogen) atoms. The van der Waals surface area contributed by atoms with Gasteiger partial charge in [-0.25, -0.2) is 0 Å². The number of aryl methyl sites for hydroxylation is 1. The van der Waals surface area contributed by atoms with E-state index in [-0.39, 0.29) is 5.91 Å². The highest BCUT2D eigenvalue weighted by atomic mass is 16.5. The fourth-order valence-electron chi connectivity index (χ4n) is 3.18. The number of likely N-dealkylation sites (tertiary alicyclic amines) is 1. The van der Waals surface area contributed by atoms with Crippen LogP contribution in [0.25, 0.3) is 11.4 Å². The number of carbonyl (C=O) groups excluding carboxylic acids is 1. The number of benzene rings is 1. The van der Waals surface area contributed by atoms with Crippen LogP contribution in [0, 0.1) is 0 Å². The van der Waals surface area contributed by atoms with Crippen molar-refractivity contribution in [1.82, 2.24) is 20.4 Å². The van der Waals surface area contributed by atoms with Crippen LogP contribution >= 0.6 is 0 Å². The maximum atomic E-state index is 12.3. The minimum atomic E-state index is 0.217. The van der Waals surface area contributed by atoms with E-state index in [0.717, 1.165) is 43.7 Å². The maximum absolute atomic E-state index is 12.3. The zero-order valence-corrected chi connectivity index (χ0v) is 15.4. The lowest BCUT2D eigenvalue weighted by Crippen LogP contribution is -2.43. The molecule has 1 aromatic heterocycles. The van der Waals surface area contributed by atoms with E-state index in [0.29, 0.717) is 30.6 Å². The molecule has 0 unspecified atom stereocenters. The van der Waals surface area contributed by atoms with E-state index < -0.39 is 0 Å². The van der Waals surface area contributed by atoms with Gasteiger partial charge in [-0.2, -0.15) is 4.98 Å². The number of ether oxygens (including phenoxy) is 1. The minimum absolute atomic E-state index is 0.217. The molecule has 2 heterocycles. The molecule has 0 bridgehead atoms. The predicted molar refractivity (Wildman–Crippen MR) is 97.9 cm³/mol. The zero-order chi connectivity index (χ0) is 18.4. The Kier molecular flexibility index (Phi) is 6.22. The largest absolute Gasteiger partial charge is 0.497 e. The van der Waals surface area contributed by atoms with Crippen LogP contribution in [-0.2, 0) is 11.2 Å². The topological polar surface area (TPSA) is 80.5 Å². The number of methoxy groups -OCH3 is 1. The molecule has 1 amide bonds. The van der Waals surface area contributed by atoms with Gasteiger partial charge in [0.05, 0.1) is 7.11 Å². The van der Waals surface area contributed by atoms with E-state index in [2.05, 4.69) is 15.5 Å². The van der Waals surface area contributed by atoms with Crippen molar-refractivity contribution in [2.45, 2.75) is 38.1 Å². The van der Waals surface area contributed by atoms with E-state index in [4.69, 9.17) is 9.26 Å². The summed E-state index contributed by atoms with van der Waals surface area (Å²) in [7, 11) is 3.61. The number of carbonyl (C=O) groups is 1. The number of rotatable bonds is 7. The third-order valence-electron chi connectivity index (χ3n) is 4.85. The molecule has 0 aliphatic carbocycles. The normalized spacial score (nSPS) is 15.2. The highest BCUT2D eigenvalue weighted by Gasteiger charge is 2.21. The van der Waals surface area contributed by atoms with Crippen molar-refractivity contribution in [3.63, 3.8) is 0 Å². The molecule has 3 rings (SSSR count). The third kappa shape index (κ3) is 4.60. The Morgan fingerprint density at radius 1 is 1.31 bits per heavy atom. The molecule has 1 aliphatic heterocycles. The summed E-state index contributed by atoms with van der Waals surface area (Å²) in [4.78, 5) is 18.7. The Bertz CT molecular complexity index is 706. The number of nitrogens with one attached hydrogen (secondary N) is 1. The monoisotopic (exact) mass is 358 g/mol. The molecule has 7 heteroatoms. The summed E-state index contributed by atoms with van der Waals surface area (Å²) in [5.74, 6) is 2.13. The van der Waals surface area contributed by atoms with Crippen LogP contribution in [0.4, 0.5) is 0 Å². The van der Waals surface area contributed by atoms with E-state index in [1.807, 2.05) is 36.2 Å². The molecule has 1 N–H and O–H groups in total. The van der Waals surface area contributed by atoms with Crippen molar-refractivity contribution in [3.05, 3.63) is 30.2 Å². The van der Waals surface area contributed by atoms with E-state index in [1.165, 1.54) is 0 Å². The van der Waals surface area contributed by atoms with Crippen LogP contribution in [0.1, 0.15) is 31.6 Å². The van der Waals surface area contributed by atoms with Crippen LogP contribution in [0.2, 0.25) is 0 Å². The molecule has 1 saturated heterocycles. The number of hydrogen-bond donors (Lipinski definition) is 1. The molecule has 0 atom stereocenters. The third-order valence-corrected chi connectivity index (χ3v) is 4.85. The second-order valence-electron chi connectivity index (χ2n) is 6.54. The standard InChI is InChI=1S/C19H26N4O3/c1-20-15-10-12-23(13-11-15)18(24)5-3-4-17-21-19(22-26-17)14-6-8-16(25-2)9-7-14/h6-9,15,20H,3-5,10-13H2,1-2H3. The van der Waals surface area contributed by atoms with Crippen LogP contribution in [0.3, 0.4) is 0 Å². The summed E-state index contributed by atoms with van der Waals surface area (Å²) in [5.41, 5.74) is 0.879. The van der Waals surface area contributed by atoms with Crippen molar-refractivity contribution in [3.8, 4) is 17.1 Å². The average Bonchev–Trinajstić information content (AvgIpc) is 3.17. The van der Waals surface area contributed by atoms with Crippen molar-refractivity contribution in [2.75, 3.05) is 27.2 Å². The molecular formula is C19H26N4O3. The van der Waals surface area contributed by atoms with Gasteiger partial charge in [-0.15, -0.1) is 0 Å². The smallest absolute Gasteiger partial charge is 0.226 e. The number of piperidine rings is 1. The maximum Gasteiger partial charge on any atom is 0.226 e. The highest BCUT2D eigenvalue weighted by Crippen LogP contribution is 2.20. The van der Waals surface area contributed by atoms with Gasteiger partial charge in [-0.3, -0.25) is 4.79 Å². The van der Waals surface area contributed by atoms with Crippen molar-refractivity contribution in [1.29, 1.82) is 0 Å². The van der Waals surface area contributed by atoms with Crippen molar-refractivity contribution in [2.24, 2.45) is 0 Å². The summed E-state index contributed by atoms with van der Waals surface area (Å²) in [6, 6.07) is 8.05. The fourth-order valence-corrected chi connectivity index (χ4v) is 3.18. The van der Waals surface area contributed by atoms with Gasteiger partial charge in [0.15, 0.2) is 0 Å². The first-order valence-corrected chi connectivity index (χ1v) is 9.11. The lowest BCUT2D eigenvalue weighted by atomic mass is 10.0. The highest BCUT2D eigenvalue weighted by molar-refractivity contribution is 5.76. The number of hydrogen-bond acceptors (Lipinski definition) is 6. The quantitative estimate of drug-likeness (QED) is 0.818. The second-order valence-corrected chi connectivity index (χ2v) is 6.54. The first kappa shape index (κ1) is 18.4. The Hall–Kier alpha value is -2.41. The Morgan fingerprint density at radius 2 is 2.04 bits per heavy atom. The molecule has 0 spiro atoms. The molecule has 2 aromatic rings. The Labute approximate surface area is 153 Å². The van der Waals surface area contributed by atoms with Crippen LogP contribution in [0.5, 0.6) is 5.75 Å². The lowest BCUT2D eigenvalue weighted by molar-refractivity contribution is -0.132. The minimum Gasteiger partial charge on any atom is -0.497 e. The molecular weight excluding hydrogens is 332 g/mol. The van der Waals surface area contributed by atoms with Gasteiger partial charge in [-0.05, 0) is 50.6 Å². The van der Waals surface area contributed by atoms with Crippen molar-refractivity contribution >= 4 is 5.91 Å². The zero-order valence-electron chi connectivity index (χ0n) is 15.4. The summed E-state index contributed by atoms with van der Waals surface area (Å²) >= 11 is 0. The predicted octanol–water partition coefficient (Wildman–Crippen LogP) is 2.28. The van der Waals surface area contributed by atoms with Gasteiger partial charge < -0.3 is 19.5 Å².